The quantitative estimate of drug-likeness (QED) is 0.610. The van der Waals surface area contributed by atoms with Gasteiger partial charge in [-0.1, -0.05) is 6.07 Å². The largest absolute Gasteiger partial charge is 0.353 e. The zero-order valence-corrected chi connectivity index (χ0v) is 11.2. The standard InChI is InChI=1S/C11H14N2O2S2/c1-9-2-3-10(6-11(9)13(14)15)12-7-16-4-5-17-8-12/h2-3,6H,4-5,7-8H2,1H3. The summed E-state index contributed by atoms with van der Waals surface area (Å²) in [6.45, 7) is 1.77. The van der Waals surface area contributed by atoms with Gasteiger partial charge in [0.1, 0.15) is 0 Å². The molecule has 2 rings (SSSR count). The van der Waals surface area contributed by atoms with Crippen LogP contribution in [0.2, 0.25) is 0 Å². The number of anilines is 1. The fraction of sp³-hybridized carbons (Fsp3) is 0.455. The summed E-state index contributed by atoms with van der Waals surface area (Å²) in [5.41, 5.74) is 1.87. The molecule has 0 aliphatic carbocycles. The molecule has 1 heterocycles. The van der Waals surface area contributed by atoms with Gasteiger partial charge in [-0.2, -0.15) is 0 Å². The van der Waals surface area contributed by atoms with E-state index in [2.05, 4.69) is 4.90 Å². The molecule has 6 heteroatoms. The van der Waals surface area contributed by atoms with Crippen molar-refractivity contribution in [2.75, 3.05) is 28.2 Å². The Morgan fingerprint density at radius 2 is 1.94 bits per heavy atom. The summed E-state index contributed by atoms with van der Waals surface area (Å²) >= 11 is 3.74. The van der Waals surface area contributed by atoms with E-state index in [9.17, 15) is 10.1 Å². The first-order valence-corrected chi connectivity index (χ1v) is 7.65. The predicted octanol–water partition coefficient (Wildman–Crippen LogP) is 3.10. The summed E-state index contributed by atoms with van der Waals surface area (Å²) in [6, 6.07) is 5.48. The van der Waals surface area contributed by atoms with Crippen LogP contribution in [0.25, 0.3) is 0 Å². The summed E-state index contributed by atoms with van der Waals surface area (Å²) in [7, 11) is 0. The van der Waals surface area contributed by atoms with Crippen molar-refractivity contribution in [3.63, 3.8) is 0 Å². The van der Waals surface area contributed by atoms with E-state index in [4.69, 9.17) is 0 Å². The fourth-order valence-electron chi connectivity index (χ4n) is 1.64. The van der Waals surface area contributed by atoms with Crippen molar-refractivity contribution in [2.24, 2.45) is 0 Å². The van der Waals surface area contributed by atoms with Crippen molar-refractivity contribution in [1.82, 2.24) is 0 Å². The molecule has 0 spiro atoms. The van der Waals surface area contributed by atoms with Gasteiger partial charge in [0.15, 0.2) is 0 Å². The lowest BCUT2D eigenvalue weighted by Gasteiger charge is -2.21. The summed E-state index contributed by atoms with van der Waals surface area (Å²) < 4.78 is 0. The Bertz CT molecular complexity index is 418. The third kappa shape index (κ3) is 3.07. The Kier molecular flexibility index (Phi) is 4.17. The average molecular weight is 270 g/mol. The maximum Gasteiger partial charge on any atom is 0.274 e. The minimum Gasteiger partial charge on any atom is -0.353 e. The maximum absolute atomic E-state index is 10.9. The number of thioether (sulfide) groups is 2. The van der Waals surface area contributed by atoms with Crippen LogP contribution in [0.3, 0.4) is 0 Å². The number of nitro benzene ring substituents is 1. The van der Waals surface area contributed by atoms with Gasteiger partial charge in [0.25, 0.3) is 5.69 Å². The molecule has 17 heavy (non-hydrogen) atoms. The van der Waals surface area contributed by atoms with E-state index in [1.807, 2.05) is 35.7 Å². The number of nitro groups is 1. The van der Waals surface area contributed by atoms with E-state index in [0.717, 1.165) is 28.9 Å². The Morgan fingerprint density at radius 1 is 1.29 bits per heavy atom. The zero-order valence-electron chi connectivity index (χ0n) is 9.59. The number of nitrogens with zero attached hydrogens (tertiary/aromatic N) is 2. The van der Waals surface area contributed by atoms with Crippen LogP contribution in [0, 0.1) is 17.0 Å². The van der Waals surface area contributed by atoms with Crippen LogP contribution in [0.1, 0.15) is 5.56 Å². The van der Waals surface area contributed by atoms with E-state index in [1.165, 1.54) is 0 Å². The van der Waals surface area contributed by atoms with Gasteiger partial charge in [-0.05, 0) is 13.0 Å². The lowest BCUT2D eigenvalue weighted by atomic mass is 10.2. The van der Waals surface area contributed by atoms with Gasteiger partial charge in [0.05, 0.1) is 16.7 Å². The molecule has 0 amide bonds. The minimum absolute atomic E-state index is 0.210. The van der Waals surface area contributed by atoms with Gasteiger partial charge in [-0.15, -0.1) is 23.5 Å². The second-order valence-electron chi connectivity index (χ2n) is 3.84. The molecule has 4 nitrogen and oxygen atoms in total. The normalized spacial score (nSPS) is 16.6. The van der Waals surface area contributed by atoms with Crippen molar-refractivity contribution in [1.29, 1.82) is 0 Å². The molecule has 0 atom stereocenters. The first-order valence-electron chi connectivity index (χ1n) is 5.34. The third-order valence-corrected chi connectivity index (χ3v) is 4.85. The molecular weight excluding hydrogens is 256 g/mol. The van der Waals surface area contributed by atoms with Crippen LogP contribution in [0.15, 0.2) is 18.2 Å². The molecule has 0 unspecified atom stereocenters. The highest BCUT2D eigenvalue weighted by molar-refractivity contribution is 8.03. The van der Waals surface area contributed by atoms with E-state index >= 15 is 0 Å². The van der Waals surface area contributed by atoms with E-state index in [0.29, 0.717) is 5.56 Å². The van der Waals surface area contributed by atoms with Crippen LogP contribution in [0.4, 0.5) is 11.4 Å². The van der Waals surface area contributed by atoms with Gasteiger partial charge in [0.2, 0.25) is 0 Å². The monoisotopic (exact) mass is 270 g/mol. The Labute approximate surface area is 109 Å². The minimum atomic E-state index is -0.309. The van der Waals surface area contributed by atoms with Gasteiger partial charge in [-0.25, -0.2) is 0 Å². The van der Waals surface area contributed by atoms with Crippen LogP contribution >= 0.6 is 23.5 Å². The molecule has 0 aromatic heterocycles. The van der Waals surface area contributed by atoms with E-state index in [1.54, 1.807) is 13.0 Å². The first kappa shape index (κ1) is 12.6. The van der Waals surface area contributed by atoms with Crippen molar-refractivity contribution < 1.29 is 4.92 Å². The van der Waals surface area contributed by atoms with Gasteiger partial charge in [-0.3, -0.25) is 10.1 Å². The van der Waals surface area contributed by atoms with Gasteiger partial charge in [0, 0.05) is 28.8 Å². The summed E-state index contributed by atoms with van der Waals surface area (Å²) in [4.78, 5) is 12.8. The molecule has 0 saturated carbocycles. The number of hydrogen-bond acceptors (Lipinski definition) is 5. The van der Waals surface area contributed by atoms with Crippen molar-refractivity contribution >= 4 is 34.9 Å². The van der Waals surface area contributed by atoms with E-state index in [-0.39, 0.29) is 10.6 Å². The third-order valence-electron chi connectivity index (χ3n) is 2.62. The number of rotatable bonds is 2. The topological polar surface area (TPSA) is 46.4 Å². The Hall–Kier alpha value is -0.880. The van der Waals surface area contributed by atoms with Crippen LogP contribution in [-0.2, 0) is 0 Å². The zero-order chi connectivity index (χ0) is 12.3. The molecule has 1 aliphatic heterocycles. The maximum atomic E-state index is 10.9. The molecular formula is C11H14N2O2S2. The lowest BCUT2D eigenvalue weighted by molar-refractivity contribution is -0.385. The van der Waals surface area contributed by atoms with Crippen LogP contribution in [0.5, 0.6) is 0 Å². The number of aryl methyl sites for hydroxylation is 1. The van der Waals surface area contributed by atoms with Gasteiger partial charge < -0.3 is 4.90 Å². The molecule has 1 fully saturated rings. The molecule has 0 N–H and O–H groups in total. The molecule has 1 saturated heterocycles. The van der Waals surface area contributed by atoms with Crippen molar-refractivity contribution in [2.45, 2.75) is 6.92 Å². The summed E-state index contributed by atoms with van der Waals surface area (Å²) in [5, 5.41) is 10.9. The average Bonchev–Trinajstić information content (AvgIpc) is 2.58. The smallest absolute Gasteiger partial charge is 0.274 e. The van der Waals surface area contributed by atoms with Crippen LogP contribution in [-0.4, -0.2) is 28.2 Å². The molecule has 1 aliphatic rings. The van der Waals surface area contributed by atoms with Crippen molar-refractivity contribution in [3.05, 3.63) is 33.9 Å². The summed E-state index contributed by atoms with van der Waals surface area (Å²) in [5.74, 6) is 4.12. The number of benzene rings is 1. The van der Waals surface area contributed by atoms with Gasteiger partial charge >= 0.3 is 0 Å². The summed E-state index contributed by atoms with van der Waals surface area (Å²) in [6.07, 6.45) is 0. The molecule has 1 aromatic rings. The van der Waals surface area contributed by atoms with E-state index < -0.39 is 0 Å². The highest BCUT2D eigenvalue weighted by Crippen LogP contribution is 2.28. The predicted molar refractivity (Wildman–Crippen MR) is 75.0 cm³/mol. The Balaban J connectivity index is 2.25. The highest BCUT2D eigenvalue weighted by Gasteiger charge is 2.16. The molecule has 1 aromatic carbocycles. The second kappa shape index (κ2) is 5.64. The molecule has 0 radical (unpaired) electrons. The number of hydrogen-bond donors (Lipinski definition) is 0. The first-order chi connectivity index (χ1) is 8.18. The SMILES string of the molecule is Cc1ccc(N2CSCCSC2)cc1[N+](=O)[O-]. The molecule has 92 valence electrons. The Morgan fingerprint density at radius 3 is 2.53 bits per heavy atom. The fourth-order valence-corrected chi connectivity index (χ4v) is 3.88. The van der Waals surface area contributed by atoms with Crippen LogP contribution < -0.4 is 4.90 Å². The highest BCUT2D eigenvalue weighted by atomic mass is 32.2. The lowest BCUT2D eigenvalue weighted by Crippen LogP contribution is -2.20. The van der Waals surface area contributed by atoms with Crippen molar-refractivity contribution in [3.8, 4) is 0 Å². The molecule has 0 bridgehead atoms. The second-order valence-corrected chi connectivity index (χ2v) is 5.99.